The van der Waals surface area contributed by atoms with Crippen molar-refractivity contribution in [1.29, 1.82) is 0 Å². The van der Waals surface area contributed by atoms with Crippen LogP contribution in [0.5, 0.6) is 11.5 Å². The molecule has 2 aromatic carbocycles. The van der Waals surface area contributed by atoms with E-state index in [0.29, 0.717) is 11.5 Å². The van der Waals surface area contributed by atoms with Gasteiger partial charge in [-0.3, -0.25) is 0 Å². The molecule has 172 valence electrons. The minimum Gasteiger partial charge on any atom is -0.423 e. The van der Waals surface area contributed by atoms with E-state index >= 15 is 0 Å². The lowest BCUT2D eigenvalue weighted by molar-refractivity contribution is -0.274. The Balaban J connectivity index is 1.50. The summed E-state index contributed by atoms with van der Waals surface area (Å²) in [7, 11) is 0. The molecule has 1 fully saturated rings. The molecule has 0 spiro atoms. The predicted octanol–water partition coefficient (Wildman–Crippen LogP) is 7.82. The second-order valence-corrected chi connectivity index (χ2v) is 8.39. The van der Waals surface area contributed by atoms with Gasteiger partial charge in [0.25, 0.3) is 0 Å². The Morgan fingerprint density at radius 2 is 1.56 bits per heavy atom. The fourth-order valence-corrected chi connectivity index (χ4v) is 4.14. The third-order valence-electron chi connectivity index (χ3n) is 6.14. The van der Waals surface area contributed by atoms with Gasteiger partial charge >= 0.3 is 12.3 Å². The lowest BCUT2D eigenvalue weighted by Gasteiger charge is -2.29. The van der Waals surface area contributed by atoms with Gasteiger partial charge in [0.05, 0.1) is 5.56 Å². The first-order valence-corrected chi connectivity index (χ1v) is 11.1. The van der Waals surface area contributed by atoms with Crippen LogP contribution < -0.4 is 9.47 Å². The van der Waals surface area contributed by atoms with Crippen LogP contribution in [0, 0.1) is 5.92 Å². The van der Waals surface area contributed by atoms with Gasteiger partial charge in [-0.25, -0.2) is 4.79 Å². The Morgan fingerprint density at radius 1 is 0.969 bits per heavy atom. The monoisotopic (exact) mass is 446 g/mol. The Bertz CT molecular complexity index is 893. The quantitative estimate of drug-likeness (QED) is 0.235. The molecule has 0 aliphatic heterocycles. The number of carbonyl (C=O) groups is 1. The maximum Gasteiger partial charge on any atom is 0.573 e. The Kier molecular flexibility index (Phi) is 7.99. The molecule has 0 unspecified atom stereocenters. The average Bonchev–Trinajstić information content (AvgIpc) is 2.78. The SMILES string of the molecule is C=C(CC)CCC1CCC(c2ccc(C(=O)Oc3ccc(OC(F)(F)F)cc3)cc2)CC1. The van der Waals surface area contributed by atoms with Crippen LogP contribution in [-0.4, -0.2) is 12.3 Å². The third kappa shape index (κ3) is 7.14. The molecule has 3 rings (SSSR count). The summed E-state index contributed by atoms with van der Waals surface area (Å²) in [5.74, 6) is 0.508. The van der Waals surface area contributed by atoms with Gasteiger partial charge in [-0.15, -0.1) is 13.2 Å². The molecule has 0 N–H and O–H groups in total. The standard InChI is InChI=1S/C26H29F3O3/c1-3-18(2)4-5-19-6-8-20(9-7-19)21-10-12-22(13-11-21)25(30)31-23-14-16-24(17-15-23)32-26(27,28)29/h10-17,19-20H,2-9H2,1H3. The summed E-state index contributed by atoms with van der Waals surface area (Å²) in [5, 5.41) is 0. The maximum atomic E-state index is 12.4. The van der Waals surface area contributed by atoms with E-state index in [4.69, 9.17) is 4.74 Å². The molecular formula is C26H29F3O3. The van der Waals surface area contributed by atoms with Crippen molar-refractivity contribution in [2.24, 2.45) is 5.92 Å². The van der Waals surface area contributed by atoms with Crippen molar-refractivity contribution in [2.45, 2.75) is 64.1 Å². The molecule has 1 aliphatic carbocycles. The number of benzene rings is 2. The number of hydrogen-bond donors (Lipinski definition) is 0. The van der Waals surface area contributed by atoms with Gasteiger partial charge in [0.15, 0.2) is 0 Å². The molecule has 2 aromatic rings. The first kappa shape index (κ1) is 23.9. The molecule has 0 bridgehead atoms. The fourth-order valence-electron chi connectivity index (χ4n) is 4.14. The highest BCUT2D eigenvalue weighted by atomic mass is 19.4. The zero-order valence-electron chi connectivity index (χ0n) is 18.3. The highest BCUT2D eigenvalue weighted by Gasteiger charge is 2.31. The van der Waals surface area contributed by atoms with Crippen LogP contribution in [0.2, 0.25) is 0 Å². The van der Waals surface area contributed by atoms with Crippen LogP contribution in [0.25, 0.3) is 0 Å². The molecule has 0 radical (unpaired) electrons. The van der Waals surface area contributed by atoms with Gasteiger partial charge in [0, 0.05) is 0 Å². The van der Waals surface area contributed by atoms with Crippen LogP contribution in [-0.2, 0) is 0 Å². The molecule has 0 aromatic heterocycles. The number of halogens is 3. The Labute approximate surface area is 187 Å². The normalized spacial score (nSPS) is 18.8. The molecule has 3 nitrogen and oxygen atoms in total. The van der Waals surface area contributed by atoms with Crippen molar-refractivity contribution in [3.8, 4) is 11.5 Å². The smallest absolute Gasteiger partial charge is 0.423 e. The summed E-state index contributed by atoms with van der Waals surface area (Å²) in [5.41, 5.74) is 2.96. The van der Waals surface area contributed by atoms with Crippen molar-refractivity contribution in [3.05, 3.63) is 71.8 Å². The maximum absolute atomic E-state index is 12.4. The second-order valence-electron chi connectivity index (χ2n) is 8.39. The number of rotatable bonds is 8. The summed E-state index contributed by atoms with van der Waals surface area (Å²) in [6.45, 7) is 6.26. The molecule has 1 aliphatic rings. The van der Waals surface area contributed by atoms with Crippen molar-refractivity contribution < 1.29 is 27.4 Å². The average molecular weight is 447 g/mol. The fraction of sp³-hybridized carbons (Fsp3) is 0.423. The van der Waals surface area contributed by atoms with Crippen LogP contribution in [0.3, 0.4) is 0 Å². The number of carbonyl (C=O) groups excluding carboxylic acids is 1. The van der Waals surface area contributed by atoms with E-state index in [1.54, 1.807) is 12.1 Å². The predicted molar refractivity (Wildman–Crippen MR) is 118 cm³/mol. The van der Waals surface area contributed by atoms with Crippen molar-refractivity contribution in [2.75, 3.05) is 0 Å². The molecule has 32 heavy (non-hydrogen) atoms. The minimum atomic E-state index is -4.76. The molecule has 6 heteroatoms. The van der Waals surface area contributed by atoms with E-state index in [-0.39, 0.29) is 11.5 Å². The number of alkyl halides is 3. The largest absolute Gasteiger partial charge is 0.573 e. The zero-order chi connectivity index (χ0) is 23.1. The number of esters is 1. The molecule has 0 amide bonds. The molecule has 0 heterocycles. The van der Waals surface area contributed by atoms with Crippen LogP contribution >= 0.6 is 0 Å². The van der Waals surface area contributed by atoms with E-state index in [9.17, 15) is 18.0 Å². The van der Waals surface area contributed by atoms with E-state index in [0.717, 1.165) is 43.7 Å². The number of hydrogen-bond acceptors (Lipinski definition) is 3. The van der Waals surface area contributed by atoms with Gasteiger partial charge in [0.2, 0.25) is 0 Å². The third-order valence-corrected chi connectivity index (χ3v) is 6.14. The molecule has 0 atom stereocenters. The van der Waals surface area contributed by atoms with E-state index in [2.05, 4.69) is 18.2 Å². The highest BCUT2D eigenvalue weighted by Crippen LogP contribution is 2.38. The van der Waals surface area contributed by atoms with Crippen molar-refractivity contribution >= 4 is 5.97 Å². The first-order valence-electron chi connectivity index (χ1n) is 11.1. The number of allylic oxidation sites excluding steroid dienone is 1. The molecule has 1 saturated carbocycles. The molecular weight excluding hydrogens is 417 g/mol. The van der Waals surface area contributed by atoms with E-state index in [1.807, 2.05) is 12.1 Å². The summed E-state index contributed by atoms with van der Waals surface area (Å²) >= 11 is 0. The van der Waals surface area contributed by atoms with E-state index < -0.39 is 12.3 Å². The molecule has 0 saturated heterocycles. The topological polar surface area (TPSA) is 35.5 Å². The highest BCUT2D eigenvalue weighted by molar-refractivity contribution is 5.91. The van der Waals surface area contributed by atoms with Gasteiger partial charge in [-0.2, -0.15) is 0 Å². The lowest BCUT2D eigenvalue weighted by Crippen LogP contribution is -2.17. The first-order chi connectivity index (χ1) is 15.2. The summed E-state index contributed by atoms with van der Waals surface area (Å²) in [6, 6.07) is 12.2. The van der Waals surface area contributed by atoms with Crippen LogP contribution in [0.15, 0.2) is 60.7 Å². The summed E-state index contributed by atoms with van der Waals surface area (Å²) < 4.78 is 45.7. The second kappa shape index (κ2) is 10.7. The summed E-state index contributed by atoms with van der Waals surface area (Å²) in [4.78, 5) is 12.4. The lowest BCUT2D eigenvalue weighted by atomic mass is 9.77. The van der Waals surface area contributed by atoms with Gasteiger partial charge < -0.3 is 9.47 Å². The minimum absolute atomic E-state index is 0.151. The van der Waals surface area contributed by atoms with Crippen molar-refractivity contribution in [3.63, 3.8) is 0 Å². The summed E-state index contributed by atoms with van der Waals surface area (Å²) in [6.07, 6.45) is 3.40. The van der Waals surface area contributed by atoms with Gasteiger partial charge in [-0.05, 0) is 98.7 Å². The van der Waals surface area contributed by atoms with Crippen LogP contribution in [0.4, 0.5) is 13.2 Å². The van der Waals surface area contributed by atoms with Gasteiger partial charge in [0.1, 0.15) is 11.5 Å². The van der Waals surface area contributed by atoms with E-state index in [1.165, 1.54) is 42.5 Å². The van der Waals surface area contributed by atoms with Crippen LogP contribution in [0.1, 0.15) is 73.7 Å². The Hall–Kier alpha value is -2.76. The van der Waals surface area contributed by atoms with Crippen molar-refractivity contribution in [1.82, 2.24) is 0 Å². The Morgan fingerprint density at radius 3 is 2.12 bits per heavy atom. The number of ether oxygens (including phenoxy) is 2. The van der Waals surface area contributed by atoms with Gasteiger partial charge in [-0.1, -0.05) is 31.2 Å². The zero-order valence-corrected chi connectivity index (χ0v) is 18.3.